The first-order valence-corrected chi connectivity index (χ1v) is 14.9. The fourth-order valence-corrected chi connectivity index (χ4v) is 4.48. The number of ether oxygens (including phenoxy) is 3. The van der Waals surface area contributed by atoms with Gasteiger partial charge in [0.2, 0.25) is 5.91 Å². The van der Waals surface area contributed by atoms with Crippen molar-refractivity contribution >= 4 is 29.5 Å². The van der Waals surface area contributed by atoms with Crippen LogP contribution in [0, 0.1) is 0 Å². The van der Waals surface area contributed by atoms with Crippen LogP contribution in [0.2, 0.25) is 0 Å². The summed E-state index contributed by atoms with van der Waals surface area (Å²) in [6.45, 7) is 17.6. The van der Waals surface area contributed by atoms with Crippen molar-refractivity contribution in [1.29, 1.82) is 0 Å². The van der Waals surface area contributed by atoms with Gasteiger partial charge < -0.3 is 24.6 Å². The molecule has 0 unspecified atom stereocenters. The van der Waals surface area contributed by atoms with Gasteiger partial charge >= 0.3 is 17.9 Å². The first kappa shape index (κ1) is 37.1. The summed E-state index contributed by atoms with van der Waals surface area (Å²) in [5.41, 5.74) is -0.408. The van der Waals surface area contributed by atoms with Crippen LogP contribution < -0.4 is 5.32 Å². The van der Waals surface area contributed by atoms with Gasteiger partial charge in [0.15, 0.2) is 0 Å². The molecule has 2 rings (SSSR count). The second-order valence-corrected chi connectivity index (χ2v) is 14.0. The number of hydrogen-bond acceptors (Lipinski definition) is 12. The molecule has 1 aliphatic heterocycles. The van der Waals surface area contributed by atoms with Crippen molar-refractivity contribution in [3.8, 4) is 0 Å². The molecule has 2 N–H and O–H groups in total. The van der Waals surface area contributed by atoms with Gasteiger partial charge in [-0.3, -0.25) is 38.9 Å². The van der Waals surface area contributed by atoms with E-state index in [0.717, 1.165) is 0 Å². The lowest BCUT2D eigenvalue weighted by molar-refractivity contribution is -0.158. The quantitative estimate of drug-likeness (QED) is 0.323. The van der Waals surface area contributed by atoms with E-state index in [1.54, 1.807) is 53.7 Å². The second-order valence-electron chi connectivity index (χ2n) is 14.0. The Morgan fingerprint density at radius 1 is 0.682 bits per heavy atom. The number of rotatable bonds is 8. The van der Waals surface area contributed by atoms with Crippen molar-refractivity contribution in [2.24, 2.45) is 0 Å². The van der Waals surface area contributed by atoms with Gasteiger partial charge in [-0.05, 0) is 74.4 Å². The molecule has 0 aliphatic carbocycles. The van der Waals surface area contributed by atoms with Gasteiger partial charge in [-0.25, -0.2) is 0 Å². The highest BCUT2D eigenvalue weighted by atomic mass is 16.6. The Labute approximate surface area is 261 Å². The molecule has 0 aromatic carbocycles. The first-order chi connectivity index (χ1) is 20.2. The van der Waals surface area contributed by atoms with E-state index in [9.17, 15) is 24.3 Å². The van der Waals surface area contributed by atoms with Gasteiger partial charge in [0.25, 0.3) is 0 Å². The monoisotopic (exact) mass is 621 g/mol. The third-order valence-electron chi connectivity index (χ3n) is 5.91. The lowest BCUT2D eigenvalue weighted by Gasteiger charge is -2.32. The molecule has 2 heterocycles. The van der Waals surface area contributed by atoms with Crippen LogP contribution in [0.1, 0.15) is 73.7 Å². The standard InChI is InChI=1S/C31H51N5O8/c1-29(2,3)42-26(39)18-34-10-12-35(19-27(40)43-30(4,5)6)16-23-14-22(33-25(38)21-37)15-24(32-23)17-36(13-11-34)20-28(41)44-31(7,8)9/h14-15,37H,10-13,16-21H2,1-9H3,(H,32,33,38). The number of anilines is 1. The van der Waals surface area contributed by atoms with Crippen molar-refractivity contribution in [2.45, 2.75) is 92.2 Å². The number of pyridine rings is 1. The zero-order valence-corrected chi connectivity index (χ0v) is 27.8. The molecule has 1 amide bonds. The highest BCUT2D eigenvalue weighted by Gasteiger charge is 2.25. The Hall–Kier alpha value is -3.13. The topological polar surface area (TPSA) is 151 Å². The number of hydrogen-bond donors (Lipinski definition) is 2. The first-order valence-electron chi connectivity index (χ1n) is 14.9. The summed E-state index contributed by atoms with van der Waals surface area (Å²) in [5.74, 6) is -1.77. The predicted molar refractivity (Wildman–Crippen MR) is 164 cm³/mol. The Bertz CT molecular complexity index is 1090. The van der Waals surface area contributed by atoms with Crippen LogP contribution in [-0.2, 0) is 46.5 Å². The zero-order valence-electron chi connectivity index (χ0n) is 27.8. The van der Waals surface area contributed by atoms with E-state index >= 15 is 0 Å². The minimum atomic E-state index is -0.685. The van der Waals surface area contributed by atoms with E-state index in [4.69, 9.17) is 19.2 Å². The maximum atomic E-state index is 12.8. The molecule has 0 atom stereocenters. The fraction of sp³-hybridized carbons (Fsp3) is 0.710. The van der Waals surface area contributed by atoms with E-state index < -0.39 is 41.3 Å². The van der Waals surface area contributed by atoms with Gasteiger partial charge in [0, 0.05) is 45.0 Å². The van der Waals surface area contributed by atoms with E-state index in [1.165, 1.54) is 0 Å². The molecular formula is C31H51N5O8. The number of carbonyl (C=O) groups is 4. The predicted octanol–water partition coefficient (Wildman–Crippen LogP) is 1.96. The molecule has 0 spiro atoms. The second kappa shape index (κ2) is 15.7. The van der Waals surface area contributed by atoms with Gasteiger partial charge in [0.05, 0.1) is 31.0 Å². The third-order valence-corrected chi connectivity index (χ3v) is 5.91. The van der Waals surface area contributed by atoms with E-state index in [1.807, 2.05) is 35.5 Å². The van der Waals surface area contributed by atoms with Crippen molar-refractivity contribution in [3.63, 3.8) is 0 Å². The molecule has 0 radical (unpaired) electrons. The molecule has 1 aromatic heterocycles. The minimum absolute atomic E-state index is 0.0213. The van der Waals surface area contributed by atoms with Crippen LogP contribution in [0.4, 0.5) is 5.69 Å². The van der Waals surface area contributed by atoms with Crippen LogP contribution in [0.3, 0.4) is 0 Å². The maximum Gasteiger partial charge on any atom is 0.320 e. The number of nitrogens with zero attached hydrogens (tertiary/aromatic N) is 4. The number of fused-ring (bicyclic) bond motifs is 2. The van der Waals surface area contributed by atoms with E-state index in [2.05, 4.69) is 5.32 Å². The smallest absolute Gasteiger partial charge is 0.320 e. The summed E-state index contributed by atoms with van der Waals surface area (Å²) in [7, 11) is 0. The van der Waals surface area contributed by atoms with Gasteiger partial charge in [-0.15, -0.1) is 0 Å². The molecule has 13 nitrogen and oxygen atoms in total. The zero-order chi connectivity index (χ0) is 33.3. The molecule has 248 valence electrons. The van der Waals surface area contributed by atoms with Crippen LogP contribution in [0.25, 0.3) is 0 Å². The number of carbonyl (C=O) groups excluding carboxylic acids is 4. The number of amides is 1. The van der Waals surface area contributed by atoms with Crippen LogP contribution >= 0.6 is 0 Å². The summed E-state index contributed by atoms with van der Waals surface area (Å²) in [6, 6.07) is 3.36. The Morgan fingerprint density at radius 3 is 1.36 bits per heavy atom. The molecule has 0 fully saturated rings. The minimum Gasteiger partial charge on any atom is -0.459 e. The number of aliphatic hydroxyl groups excluding tert-OH is 1. The average molecular weight is 622 g/mol. The van der Waals surface area contributed by atoms with Gasteiger partial charge in [-0.2, -0.15) is 0 Å². The summed E-state index contributed by atoms with van der Waals surface area (Å²) < 4.78 is 16.7. The Morgan fingerprint density at radius 2 is 1.02 bits per heavy atom. The highest BCUT2D eigenvalue weighted by Crippen LogP contribution is 2.18. The highest BCUT2D eigenvalue weighted by molar-refractivity contribution is 5.91. The van der Waals surface area contributed by atoms with Crippen molar-refractivity contribution < 1.29 is 38.5 Å². The summed E-state index contributed by atoms with van der Waals surface area (Å²) >= 11 is 0. The summed E-state index contributed by atoms with van der Waals surface area (Å²) in [6.07, 6.45) is 0. The molecule has 44 heavy (non-hydrogen) atoms. The van der Waals surface area contributed by atoms with E-state index in [-0.39, 0.29) is 38.7 Å². The van der Waals surface area contributed by atoms with Crippen LogP contribution in [-0.4, -0.2) is 118 Å². The van der Waals surface area contributed by atoms with Crippen molar-refractivity contribution in [3.05, 3.63) is 23.5 Å². The molecule has 0 saturated heterocycles. The third kappa shape index (κ3) is 15.6. The molecule has 2 bridgehead atoms. The Balaban J connectivity index is 2.46. The van der Waals surface area contributed by atoms with E-state index in [0.29, 0.717) is 43.3 Å². The van der Waals surface area contributed by atoms with Crippen LogP contribution in [0.15, 0.2) is 12.1 Å². The number of esters is 3. The Kier molecular flexibility index (Phi) is 13.3. The van der Waals surface area contributed by atoms with Gasteiger partial charge in [-0.1, -0.05) is 0 Å². The molecular weight excluding hydrogens is 570 g/mol. The fourth-order valence-electron chi connectivity index (χ4n) is 4.48. The number of aromatic nitrogens is 1. The lowest BCUT2D eigenvalue weighted by Crippen LogP contribution is -2.45. The number of aliphatic hydroxyl groups is 1. The van der Waals surface area contributed by atoms with Crippen molar-refractivity contribution in [1.82, 2.24) is 19.7 Å². The molecule has 13 heteroatoms. The normalized spacial score (nSPS) is 16.3. The largest absolute Gasteiger partial charge is 0.459 e. The molecule has 0 saturated carbocycles. The molecule has 1 aromatic rings. The van der Waals surface area contributed by atoms with Gasteiger partial charge in [0.1, 0.15) is 23.4 Å². The maximum absolute atomic E-state index is 12.8. The summed E-state index contributed by atoms with van der Waals surface area (Å²) in [4.78, 5) is 61.0. The SMILES string of the molecule is CC(C)(C)OC(=O)CN1CCN(CC(=O)OC(C)(C)C)Cc2cc(NC(=O)CO)cc(n2)CN(CC(=O)OC(C)(C)C)CC1. The number of nitrogens with one attached hydrogen (secondary N) is 1. The molecule has 1 aliphatic rings. The van der Waals surface area contributed by atoms with Crippen LogP contribution in [0.5, 0.6) is 0 Å². The average Bonchev–Trinajstić information content (AvgIpc) is 2.80. The summed E-state index contributed by atoms with van der Waals surface area (Å²) in [5, 5.41) is 12.0. The lowest BCUT2D eigenvalue weighted by atomic mass is 10.2. The van der Waals surface area contributed by atoms with Crippen molar-refractivity contribution in [2.75, 3.05) is 57.7 Å².